The summed E-state index contributed by atoms with van der Waals surface area (Å²) >= 11 is 0. The van der Waals surface area contributed by atoms with Crippen molar-refractivity contribution in [3.63, 3.8) is 0 Å². The van der Waals surface area contributed by atoms with Crippen molar-refractivity contribution in [3.8, 4) is 5.75 Å². The van der Waals surface area contributed by atoms with Crippen LogP contribution in [0.2, 0.25) is 0 Å². The van der Waals surface area contributed by atoms with Crippen molar-refractivity contribution in [1.82, 2.24) is 9.21 Å². The van der Waals surface area contributed by atoms with Crippen molar-refractivity contribution in [2.45, 2.75) is 44.4 Å². The fraction of sp³-hybridized carbons (Fsp3) is 0.611. The van der Waals surface area contributed by atoms with Gasteiger partial charge < -0.3 is 9.64 Å². The average molecular weight is 413 g/mol. The van der Waals surface area contributed by atoms with Gasteiger partial charge in [0.1, 0.15) is 0 Å². The lowest BCUT2D eigenvalue weighted by atomic mass is 10.2. The smallest absolute Gasteiger partial charge is 0.312 e. The molecule has 2 rings (SSSR count). The highest BCUT2D eigenvalue weighted by atomic mass is 32.2. The van der Waals surface area contributed by atoms with E-state index in [1.165, 1.54) is 16.4 Å². The summed E-state index contributed by atoms with van der Waals surface area (Å²) in [4.78, 5) is 24.6. The van der Waals surface area contributed by atoms with Gasteiger partial charge in [-0.2, -0.15) is 4.31 Å². The molecule has 1 aliphatic rings. The number of sulfonamides is 1. The molecule has 0 spiro atoms. The average Bonchev–Trinajstić information content (AvgIpc) is 2.96. The Morgan fingerprint density at radius 3 is 2.32 bits per heavy atom. The van der Waals surface area contributed by atoms with E-state index in [0.29, 0.717) is 13.1 Å². The molecule has 1 aromatic carbocycles. The molecule has 0 atom stereocenters. The minimum Gasteiger partial charge on any atom is -0.477 e. The van der Waals surface area contributed by atoms with Crippen molar-refractivity contribution in [2.24, 2.45) is 0 Å². The van der Waals surface area contributed by atoms with Gasteiger partial charge in [0.05, 0.1) is 9.82 Å². The first-order valence-electron chi connectivity index (χ1n) is 9.50. The summed E-state index contributed by atoms with van der Waals surface area (Å²) in [6.45, 7) is 4.91. The SMILES string of the molecule is CCN(CC)S(=O)(=O)c1ccc(OCC(=O)N2CCCCCC2)c([N+](=O)[O-])c1. The largest absolute Gasteiger partial charge is 0.477 e. The van der Waals surface area contributed by atoms with Gasteiger partial charge in [0.2, 0.25) is 10.0 Å². The zero-order valence-electron chi connectivity index (χ0n) is 16.3. The highest BCUT2D eigenvalue weighted by molar-refractivity contribution is 7.89. The Balaban J connectivity index is 2.19. The molecule has 0 saturated carbocycles. The summed E-state index contributed by atoms with van der Waals surface area (Å²) in [5.41, 5.74) is -0.475. The lowest BCUT2D eigenvalue weighted by Gasteiger charge is -2.20. The predicted octanol–water partition coefficient (Wildman–Crippen LogP) is 2.41. The lowest BCUT2D eigenvalue weighted by molar-refractivity contribution is -0.386. The molecule has 28 heavy (non-hydrogen) atoms. The summed E-state index contributed by atoms with van der Waals surface area (Å²) in [7, 11) is -3.83. The minimum atomic E-state index is -3.83. The van der Waals surface area contributed by atoms with Crippen LogP contribution in [0.25, 0.3) is 0 Å². The monoisotopic (exact) mass is 413 g/mol. The zero-order chi connectivity index (χ0) is 20.7. The van der Waals surface area contributed by atoms with Crippen LogP contribution in [0.4, 0.5) is 5.69 Å². The van der Waals surface area contributed by atoms with Crippen LogP contribution in [0.1, 0.15) is 39.5 Å². The van der Waals surface area contributed by atoms with E-state index in [0.717, 1.165) is 31.7 Å². The van der Waals surface area contributed by atoms with Crippen LogP contribution in [0.15, 0.2) is 23.1 Å². The molecule has 1 fully saturated rings. The highest BCUT2D eigenvalue weighted by Gasteiger charge is 2.27. The van der Waals surface area contributed by atoms with E-state index in [9.17, 15) is 23.3 Å². The number of hydrogen-bond acceptors (Lipinski definition) is 6. The number of benzene rings is 1. The second-order valence-electron chi connectivity index (χ2n) is 6.56. The molecule has 0 aromatic heterocycles. The van der Waals surface area contributed by atoms with Crippen LogP contribution < -0.4 is 4.74 Å². The van der Waals surface area contributed by atoms with E-state index in [4.69, 9.17) is 4.74 Å². The topological polar surface area (TPSA) is 110 Å². The number of nitrogens with zero attached hydrogens (tertiary/aromatic N) is 3. The van der Waals surface area contributed by atoms with Crippen LogP contribution in [-0.2, 0) is 14.8 Å². The first-order valence-corrected chi connectivity index (χ1v) is 10.9. The van der Waals surface area contributed by atoms with Crippen LogP contribution in [-0.4, -0.2) is 61.2 Å². The van der Waals surface area contributed by atoms with E-state index in [2.05, 4.69) is 0 Å². The van der Waals surface area contributed by atoms with Gasteiger partial charge in [-0.1, -0.05) is 26.7 Å². The molecule has 0 radical (unpaired) electrons. The van der Waals surface area contributed by atoms with Crippen molar-refractivity contribution in [3.05, 3.63) is 28.3 Å². The number of nitro benzene ring substituents is 1. The Morgan fingerprint density at radius 1 is 1.18 bits per heavy atom. The molecular formula is C18H27N3O6S. The Labute approximate surface area is 165 Å². The number of amides is 1. The Hall–Kier alpha value is -2.20. The van der Waals surface area contributed by atoms with Crippen molar-refractivity contribution in [2.75, 3.05) is 32.8 Å². The molecule has 1 aliphatic heterocycles. The fourth-order valence-electron chi connectivity index (χ4n) is 3.19. The van der Waals surface area contributed by atoms with Crippen LogP contribution in [0.5, 0.6) is 5.75 Å². The molecule has 1 aromatic rings. The van der Waals surface area contributed by atoms with Gasteiger partial charge in [-0.25, -0.2) is 8.42 Å². The third-order valence-corrected chi connectivity index (χ3v) is 6.83. The molecule has 0 bridgehead atoms. The third-order valence-electron chi connectivity index (χ3n) is 4.78. The molecule has 9 nitrogen and oxygen atoms in total. The molecule has 0 aliphatic carbocycles. The van der Waals surface area contributed by atoms with Gasteiger partial charge in [0.15, 0.2) is 12.4 Å². The third kappa shape index (κ3) is 5.20. The van der Waals surface area contributed by atoms with Crippen molar-refractivity contribution in [1.29, 1.82) is 0 Å². The Bertz CT molecular complexity index is 800. The van der Waals surface area contributed by atoms with Crippen LogP contribution in [0, 0.1) is 10.1 Å². The van der Waals surface area contributed by atoms with E-state index in [-0.39, 0.29) is 36.2 Å². The molecule has 0 unspecified atom stereocenters. The zero-order valence-corrected chi connectivity index (χ0v) is 17.1. The summed E-state index contributed by atoms with van der Waals surface area (Å²) < 4.78 is 31.8. The minimum absolute atomic E-state index is 0.119. The summed E-state index contributed by atoms with van der Waals surface area (Å²) in [6.07, 6.45) is 4.03. The molecule has 1 amide bonds. The number of carbonyl (C=O) groups is 1. The fourth-order valence-corrected chi connectivity index (χ4v) is 4.66. The first-order chi connectivity index (χ1) is 13.3. The van der Waals surface area contributed by atoms with E-state index < -0.39 is 20.6 Å². The first kappa shape index (κ1) is 22.1. The predicted molar refractivity (Wildman–Crippen MR) is 104 cm³/mol. The number of carbonyl (C=O) groups excluding carboxylic acids is 1. The van der Waals surface area contributed by atoms with Gasteiger partial charge >= 0.3 is 5.69 Å². The molecule has 0 N–H and O–H groups in total. The molecule has 1 heterocycles. The van der Waals surface area contributed by atoms with Gasteiger partial charge in [0.25, 0.3) is 5.91 Å². The summed E-state index contributed by atoms with van der Waals surface area (Å²) in [6, 6.07) is 3.50. The van der Waals surface area contributed by atoms with Crippen molar-refractivity contribution >= 4 is 21.6 Å². The number of nitro groups is 1. The highest BCUT2D eigenvalue weighted by Crippen LogP contribution is 2.31. The molecule has 156 valence electrons. The van der Waals surface area contributed by atoms with Gasteiger partial charge in [0, 0.05) is 32.2 Å². The molecule has 1 saturated heterocycles. The Kier molecular flexibility index (Phi) is 7.76. The maximum Gasteiger partial charge on any atom is 0.312 e. The maximum atomic E-state index is 12.6. The number of ether oxygens (including phenoxy) is 1. The van der Waals surface area contributed by atoms with Crippen LogP contribution >= 0.6 is 0 Å². The summed E-state index contributed by atoms with van der Waals surface area (Å²) in [5, 5.41) is 11.4. The van der Waals surface area contributed by atoms with E-state index in [1.54, 1.807) is 18.7 Å². The van der Waals surface area contributed by atoms with Gasteiger partial charge in [-0.15, -0.1) is 0 Å². The number of likely N-dealkylation sites (tertiary alicyclic amines) is 1. The standard InChI is InChI=1S/C18H27N3O6S/c1-3-20(4-2)28(25,26)15-9-10-17(16(13-15)21(23)24)27-14-18(22)19-11-7-5-6-8-12-19/h9-10,13H,3-8,11-12,14H2,1-2H3. The maximum absolute atomic E-state index is 12.6. The lowest BCUT2D eigenvalue weighted by Crippen LogP contribution is -2.35. The normalized spacial score (nSPS) is 15.3. The van der Waals surface area contributed by atoms with E-state index in [1.807, 2.05) is 0 Å². The quantitative estimate of drug-likeness (QED) is 0.478. The van der Waals surface area contributed by atoms with Gasteiger partial charge in [-0.05, 0) is 25.0 Å². The second kappa shape index (κ2) is 9.83. The second-order valence-corrected chi connectivity index (χ2v) is 8.50. The van der Waals surface area contributed by atoms with Gasteiger partial charge in [-0.3, -0.25) is 14.9 Å². The number of hydrogen-bond donors (Lipinski definition) is 0. The molecular weight excluding hydrogens is 386 g/mol. The van der Waals surface area contributed by atoms with Crippen molar-refractivity contribution < 1.29 is 22.9 Å². The summed E-state index contributed by atoms with van der Waals surface area (Å²) in [5.74, 6) is -0.345. The van der Waals surface area contributed by atoms with Crippen LogP contribution in [0.3, 0.4) is 0 Å². The number of rotatable bonds is 8. The molecule has 10 heteroatoms. The Morgan fingerprint density at radius 2 is 1.79 bits per heavy atom. The van der Waals surface area contributed by atoms with E-state index >= 15 is 0 Å².